The smallest absolute Gasteiger partial charge is 0.173 e. The second kappa shape index (κ2) is 7.20. The zero-order valence-electron chi connectivity index (χ0n) is 16.2. The van der Waals surface area contributed by atoms with Crippen LogP contribution in [0.15, 0.2) is 0 Å². The van der Waals surface area contributed by atoms with Crippen molar-refractivity contribution in [3.05, 3.63) is 0 Å². The zero-order chi connectivity index (χ0) is 24.4. The Bertz CT molecular complexity index is 953. The first-order chi connectivity index (χ1) is 13.4. The van der Waals surface area contributed by atoms with E-state index in [2.05, 4.69) is 0 Å². The van der Waals surface area contributed by atoms with Crippen molar-refractivity contribution in [3.8, 4) is 42.5 Å². The van der Waals surface area contributed by atoms with Crippen LogP contribution in [0.3, 0.4) is 0 Å². The summed E-state index contributed by atoms with van der Waals surface area (Å²) in [6.45, 7) is 1.83. The van der Waals surface area contributed by atoms with E-state index in [1.807, 2.05) is 0 Å². The van der Waals surface area contributed by atoms with Crippen molar-refractivity contribution in [1.82, 2.24) is 0 Å². The third kappa shape index (κ3) is 2.56. The highest BCUT2D eigenvalue weighted by molar-refractivity contribution is 5.56. The van der Waals surface area contributed by atoms with Crippen molar-refractivity contribution in [3.63, 3.8) is 0 Å². The molecule has 14 N–H and O–H groups in total. The van der Waals surface area contributed by atoms with Crippen molar-refractivity contribution >= 4 is 0 Å². The van der Waals surface area contributed by atoms with Gasteiger partial charge in [0.05, 0.1) is 42.5 Å². The summed E-state index contributed by atoms with van der Waals surface area (Å²) in [5.74, 6) is 0. The van der Waals surface area contributed by atoms with Gasteiger partial charge in [0.25, 0.3) is 0 Å². The normalized spacial score (nSPS) is 24.5. The Morgan fingerprint density at radius 3 is 0.667 bits per heavy atom. The number of nitrogens with zero attached hydrogens (tertiary/aromatic N) is 7. The predicted octanol–water partition coefficient (Wildman–Crippen LogP) is -4.43. The standard InChI is InChI=1S/C16H20N14/c1-10(24,3-17)12(26,5-19)14(28,7-21)16(30,9-23)15(29,8-22)13(27,6-20)11(2,25)4-18/h24-30H2,1-2H3. The molecule has 0 amide bonds. The molecule has 0 rings (SSSR count). The summed E-state index contributed by atoms with van der Waals surface area (Å²) in [5, 5.41) is 67.7. The van der Waals surface area contributed by atoms with Gasteiger partial charge in [0, 0.05) is 0 Å². The first-order valence-electron chi connectivity index (χ1n) is 7.84. The maximum atomic E-state index is 9.90. The molecule has 6 atom stereocenters. The monoisotopic (exact) mass is 408 g/mol. The van der Waals surface area contributed by atoms with Gasteiger partial charge in [-0.1, -0.05) is 0 Å². The summed E-state index contributed by atoms with van der Waals surface area (Å²) in [7, 11) is 0. The molecule has 0 heterocycles. The average molecular weight is 408 g/mol. The number of nitrogens with two attached hydrogens (primary N) is 7. The van der Waals surface area contributed by atoms with Crippen molar-refractivity contribution < 1.29 is 0 Å². The molecule has 6 unspecified atom stereocenters. The van der Waals surface area contributed by atoms with E-state index < -0.39 is 38.8 Å². The summed E-state index contributed by atoms with van der Waals surface area (Å²) in [4.78, 5) is 0. The van der Waals surface area contributed by atoms with Gasteiger partial charge in [0.15, 0.2) is 27.7 Å². The zero-order valence-corrected chi connectivity index (χ0v) is 16.2. The second-order valence-corrected chi connectivity index (χ2v) is 7.23. The molecular formula is C16H20N14. The van der Waals surface area contributed by atoms with Gasteiger partial charge in [-0.15, -0.1) is 0 Å². The van der Waals surface area contributed by atoms with Crippen LogP contribution in [-0.2, 0) is 0 Å². The van der Waals surface area contributed by atoms with Crippen LogP contribution in [0.2, 0.25) is 0 Å². The number of nitriles is 7. The molecule has 14 nitrogen and oxygen atoms in total. The molecule has 0 saturated heterocycles. The Balaban J connectivity index is 7.82. The highest BCUT2D eigenvalue weighted by Gasteiger charge is 2.78. The van der Waals surface area contributed by atoms with E-state index >= 15 is 0 Å². The summed E-state index contributed by atoms with van der Waals surface area (Å²) >= 11 is 0. The van der Waals surface area contributed by atoms with Gasteiger partial charge in [0.2, 0.25) is 0 Å². The Hall–Kier alpha value is -3.85. The fourth-order valence-electron chi connectivity index (χ4n) is 2.87. The molecule has 0 spiro atoms. The van der Waals surface area contributed by atoms with Gasteiger partial charge < -0.3 is 40.1 Å². The van der Waals surface area contributed by atoms with Crippen molar-refractivity contribution in [1.29, 1.82) is 36.8 Å². The van der Waals surface area contributed by atoms with Gasteiger partial charge in [-0.25, -0.2) is 0 Å². The minimum absolute atomic E-state index is 0.917. The third-order valence-corrected chi connectivity index (χ3v) is 5.47. The second-order valence-electron chi connectivity index (χ2n) is 7.23. The summed E-state index contributed by atoms with van der Waals surface area (Å²) < 4.78 is 0. The van der Waals surface area contributed by atoms with Crippen LogP contribution in [0, 0.1) is 79.3 Å². The molecule has 30 heavy (non-hydrogen) atoms. The van der Waals surface area contributed by atoms with Gasteiger partial charge >= 0.3 is 0 Å². The van der Waals surface area contributed by atoms with E-state index in [0.29, 0.717) is 0 Å². The van der Waals surface area contributed by atoms with Crippen molar-refractivity contribution in [2.24, 2.45) is 40.1 Å². The van der Waals surface area contributed by atoms with Crippen LogP contribution in [0.25, 0.3) is 0 Å². The Labute approximate surface area is 172 Å². The summed E-state index contributed by atoms with van der Waals surface area (Å²) in [5.41, 5.74) is 21.0. The molecule has 0 radical (unpaired) electrons. The minimum atomic E-state index is -3.28. The third-order valence-electron chi connectivity index (χ3n) is 5.47. The summed E-state index contributed by atoms with van der Waals surface area (Å²) in [6.07, 6.45) is 0. The lowest BCUT2D eigenvalue weighted by atomic mass is 9.50. The Morgan fingerprint density at radius 1 is 0.367 bits per heavy atom. The van der Waals surface area contributed by atoms with E-state index in [0.717, 1.165) is 13.8 Å². The number of rotatable bonds is 6. The van der Waals surface area contributed by atoms with Crippen LogP contribution < -0.4 is 40.1 Å². The maximum Gasteiger partial charge on any atom is 0.173 e. The van der Waals surface area contributed by atoms with Crippen molar-refractivity contribution in [2.75, 3.05) is 0 Å². The van der Waals surface area contributed by atoms with Crippen LogP contribution in [-0.4, -0.2) is 38.8 Å². The fraction of sp³-hybridized carbons (Fsp3) is 0.562. The maximum absolute atomic E-state index is 9.90. The van der Waals surface area contributed by atoms with E-state index in [1.54, 1.807) is 0 Å². The average Bonchev–Trinajstić information content (AvgIpc) is 2.74. The first-order valence-corrected chi connectivity index (χ1v) is 7.84. The molecule has 0 aliphatic rings. The molecule has 0 fully saturated rings. The van der Waals surface area contributed by atoms with Gasteiger partial charge in [0.1, 0.15) is 11.1 Å². The van der Waals surface area contributed by atoms with Crippen LogP contribution in [0.4, 0.5) is 0 Å². The molecule has 0 aliphatic heterocycles. The number of hydrogen-bond donors (Lipinski definition) is 7. The van der Waals surface area contributed by atoms with Crippen LogP contribution >= 0.6 is 0 Å². The fourth-order valence-corrected chi connectivity index (χ4v) is 2.87. The number of hydrogen-bond acceptors (Lipinski definition) is 14. The van der Waals surface area contributed by atoms with Crippen molar-refractivity contribution in [2.45, 2.75) is 52.6 Å². The molecule has 0 bridgehead atoms. The SMILES string of the molecule is CC(N)(C#N)C(N)(C#N)C(N)(C#N)C(N)(C#N)C(N)(C#N)C(N)(C#N)C(C)(N)C#N. The largest absolute Gasteiger partial charge is 0.311 e. The molecule has 14 heteroatoms. The lowest BCUT2D eigenvalue weighted by molar-refractivity contribution is 0.103. The molecule has 0 aliphatic carbocycles. The van der Waals surface area contributed by atoms with Gasteiger partial charge in [-0.3, -0.25) is 0 Å². The van der Waals surface area contributed by atoms with Gasteiger partial charge in [-0.05, 0) is 13.8 Å². The lowest BCUT2D eigenvalue weighted by Crippen LogP contribution is -2.95. The van der Waals surface area contributed by atoms with Gasteiger partial charge in [-0.2, -0.15) is 36.8 Å². The van der Waals surface area contributed by atoms with E-state index in [4.69, 9.17) is 40.1 Å². The highest BCUT2D eigenvalue weighted by atomic mass is 15.1. The molecule has 0 saturated carbocycles. The van der Waals surface area contributed by atoms with Crippen LogP contribution in [0.1, 0.15) is 13.8 Å². The van der Waals surface area contributed by atoms with E-state index in [9.17, 15) is 36.8 Å². The summed E-state index contributed by atoms with van der Waals surface area (Å²) in [6, 6.07) is 9.72. The van der Waals surface area contributed by atoms with Crippen LogP contribution in [0.5, 0.6) is 0 Å². The molecule has 0 aromatic heterocycles. The highest BCUT2D eigenvalue weighted by Crippen LogP contribution is 2.43. The minimum Gasteiger partial charge on any atom is -0.311 e. The Morgan fingerprint density at radius 2 is 0.533 bits per heavy atom. The topological polar surface area (TPSA) is 349 Å². The molecular weight excluding hydrogens is 388 g/mol. The molecule has 0 aromatic carbocycles. The molecule has 0 aromatic rings. The predicted molar refractivity (Wildman–Crippen MR) is 99.1 cm³/mol. The lowest BCUT2D eigenvalue weighted by Gasteiger charge is -2.56. The first kappa shape index (κ1) is 26.1. The van der Waals surface area contributed by atoms with E-state index in [-0.39, 0.29) is 0 Å². The quantitative estimate of drug-likeness (QED) is 0.218. The Kier molecular flexibility index (Phi) is 6.27. The van der Waals surface area contributed by atoms with E-state index in [1.165, 1.54) is 42.5 Å². The molecule has 154 valence electrons.